The fraction of sp³-hybridized carbons (Fsp3) is 0.889. The first-order valence-electron chi connectivity index (χ1n) is 8.56. The summed E-state index contributed by atoms with van der Waals surface area (Å²) in [6.07, 6.45) is 16.7. The summed E-state index contributed by atoms with van der Waals surface area (Å²) in [5.41, 5.74) is 0. The van der Waals surface area contributed by atoms with Gasteiger partial charge in [-0.3, -0.25) is 0 Å². The maximum absolute atomic E-state index is 5.77. The summed E-state index contributed by atoms with van der Waals surface area (Å²) in [4.78, 5) is 0. The highest BCUT2D eigenvalue weighted by atomic mass is 16.5. The van der Waals surface area contributed by atoms with Gasteiger partial charge in [0, 0.05) is 6.61 Å². The largest absolute Gasteiger partial charge is 0.379 e. The molecule has 110 valence electrons. The molecule has 2 aliphatic rings. The summed E-state index contributed by atoms with van der Waals surface area (Å²) >= 11 is 0. The highest BCUT2D eigenvalue weighted by Gasteiger charge is 2.30. The third-order valence-electron chi connectivity index (χ3n) is 5.46. The zero-order valence-corrected chi connectivity index (χ0v) is 12.8. The fourth-order valence-corrected chi connectivity index (χ4v) is 4.26. The minimum Gasteiger partial charge on any atom is -0.379 e. The van der Waals surface area contributed by atoms with Crippen molar-refractivity contribution in [2.45, 2.75) is 77.2 Å². The predicted octanol–water partition coefficient (Wildman–Crippen LogP) is 5.35. The van der Waals surface area contributed by atoms with E-state index < -0.39 is 0 Å². The Morgan fingerprint density at radius 1 is 0.947 bits per heavy atom. The predicted molar refractivity (Wildman–Crippen MR) is 82.3 cm³/mol. The summed E-state index contributed by atoms with van der Waals surface area (Å²) < 4.78 is 5.77. The molecule has 0 bridgehead atoms. The molecule has 1 heteroatoms. The van der Waals surface area contributed by atoms with E-state index in [2.05, 4.69) is 19.6 Å². The van der Waals surface area contributed by atoms with Crippen LogP contribution in [-0.4, -0.2) is 12.7 Å². The van der Waals surface area contributed by atoms with Crippen LogP contribution < -0.4 is 0 Å². The first kappa shape index (κ1) is 15.1. The van der Waals surface area contributed by atoms with Crippen molar-refractivity contribution in [3.8, 4) is 0 Å². The molecule has 0 aliphatic heterocycles. The molecule has 2 aliphatic carbocycles. The second-order valence-electron chi connectivity index (χ2n) is 6.64. The molecule has 0 saturated heterocycles. The molecule has 19 heavy (non-hydrogen) atoms. The van der Waals surface area contributed by atoms with Crippen LogP contribution in [-0.2, 0) is 4.74 Å². The molecule has 0 amide bonds. The quantitative estimate of drug-likeness (QED) is 0.587. The SMILES string of the molecule is C=CCC[C@H]1CC[C@H](C2CCC(OCC)CC2)CC1. The number of allylic oxidation sites excluding steroid dienone is 1. The Kier molecular flexibility index (Phi) is 6.43. The third-order valence-corrected chi connectivity index (χ3v) is 5.46. The lowest BCUT2D eigenvalue weighted by atomic mass is 9.70. The first-order valence-corrected chi connectivity index (χ1v) is 8.56. The van der Waals surface area contributed by atoms with Crippen molar-refractivity contribution in [2.24, 2.45) is 17.8 Å². The van der Waals surface area contributed by atoms with Crippen LogP contribution in [0.2, 0.25) is 0 Å². The van der Waals surface area contributed by atoms with Gasteiger partial charge in [-0.2, -0.15) is 0 Å². The van der Waals surface area contributed by atoms with Gasteiger partial charge in [-0.05, 0) is 76.0 Å². The van der Waals surface area contributed by atoms with Gasteiger partial charge in [0.15, 0.2) is 0 Å². The number of rotatable bonds is 6. The minimum atomic E-state index is 0.574. The molecule has 2 rings (SSSR count). The lowest BCUT2D eigenvalue weighted by Crippen LogP contribution is -2.28. The topological polar surface area (TPSA) is 9.23 Å². The molecule has 2 fully saturated rings. The maximum atomic E-state index is 5.77. The molecule has 0 atom stereocenters. The molecule has 1 nitrogen and oxygen atoms in total. The van der Waals surface area contributed by atoms with E-state index in [-0.39, 0.29) is 0 Å². The van der Waals surface area contributed by atoms with E-state index in [4.69, 9.17) is 4.74 Å². The monoisotopic (exact) mass is 264 g/mol. The maximum Gasteiger partial charge on any atom is 0.0575 e. The van der Waals surface area contributed by atoms with Gasteiger partial charge in [0.25, 0.3) is 0 Å². The van der Waals surface area contributed by atoms with Crippen LogP contribution in [0.4, 0.5) is 0 Å². The summed E-state index contributed by atoms with van der Waals surface area (Å²) in [6, 6.07) is 0. The van der Waals surface area contributed by atoms with Crippen LogP contribution >= 0.6 is 0 Å². The van der Waals surface area contributed by atoms with Crippen LogP contribution in [0.3, 0.4) is 0 Å². The Bertz CT molecular complexity index is 244. The molecule has 0 unspecified atom stereocenters. The van der Waals surface area contributed by atoms with Crippen molar-refractivity contribution in [2.75, 3.05) is 6.61 Å². The lowest BCUT2D eigenvalue weighted by Gasteiger charge is -2.37. The van der Waals surface area contributed by atoms with Gasteiger partial charge < -0.3 is 4.74 Å². The van der Waals surface area contributed by atoms with Crippen molar-refractivity contribution < 1.29 is 4.74 Å². The smallest absolute Gasteiger partial charge is 0.0575 e. The van der Waals surface area contributed by atoms with Crippen molar-refractivity contribution in [3.05, 3.63) is 12.7 Å². The van der Waals surface area contributed by atoms with Crippen molar-refractivity contribution >= 4 is 0 Å². The van der Waals surface area contributed by atoms with Crippen molar-refractivity contribution in [1.82, 2.24) is 0 Å². The van der Waals surface area contributed by atoms with Gasteiger partial charge in [0.2, 0.25) is 0 Å². The summed E-state index contributed by atoms with van der Waals surface area (Å²) in [6.45, 7) is 6.86. The van der Waals surface area contributed by atoms with E-state index >= 15 is 0 Å². The van der Waals surface area contributed by atoms with E-state index in [1.807, 2.05) is 0 Å². The second kappa shape index (κ2) is 8.09. The van der Waals surface area contributed by atoms with Gasteiger partial charge in [-0.1, -0.05) is 18.9 Å². The van der Waals surface area contributed by atoms with E-state index in [0.29, 0.717) is 6.10 Å². The molecule has 0 radical (unpaired) electrons. The standard InChI is InChI=1S/C18H32O/c1-3-5-6-15-7-9-16(10-8-15)17-11-13-18(14-12-17)19-4-2/h3,15-18H,1,4-14H2,2H3/t15-,16-,17?,18?. The van der Waals surface area contributed by atoms with E-state index in [1.54, 1.807) is 0 Å². The summed E-state index contributed by atoms with van der Waals surface area (Å²) in [5.74, 6) is 3.04. The van der Waals surface area contributed by atoms with E-state index in [1.165, 1.54) is 64.2 Å². The lowest BCUT2D eigenvalue weighted by molar-refractivity contribution is 0.0135. The van der Waals surface area contributed by atoms with Gasteiger partial charge in [0.1, 0.15) is 0 Å². The molecular formula is C18H32O. The van der Waals surface area contributed by atoms with Crippen molar-refractivity contribution in [3.63, 3.8) is 0 Å². The molecular weight excluding hydrogens is 232 g/mol. The Hall–Kier alpha value is -0.300. The van der Waals surface area contributed by atoms with Gasteiger partial charge in [-0.25, -0.2) is 0 Å². The highest BCUT2D eigenvalue weighted by Crippen LogP contribution is 2.41. The van der Waals surface area contributed by atoms with E-state index in [9.17, 15) is 0 Å². The van der Waals surface area contributed by atoms with Crippen LogP contribution in [0.5, 0.6) is 0 Å². The number of ether oxygens (including phenoxy) is 1. The molecule has 2 saturated carbocycles. The normalized spacial score (nSPS) is 36.1. The number of hydrogen-bond acceptors (Lipinski definition) is 1. The molecule has 0 aromatic carbocycles. The minimum absolute atomic E-state index is 0.574. The van der Waals surface area contributed by atoms with Gasteiger partial charge in [0.05, 0.1) is 6.10 Å². The summed E-state index contributed by atoms with van der Waals surface area (Å²) in [7, 11) is 0. The average Bonchev–Trinajstić information content (AvgIpc) is 2.47. The fourth-order valence-electron chi connectivity index (χ4n) is 4.26. The van der Waals surface area contributed by atoms with Crippen LogP contribution in [0.25, 0.3) is 0 Å². The van der Waals surface area contributed by atoms with Gasteiger partial charge >= 0.3 is 0 Å². The van der Waals surface area contributed by atoms with Crippen LogP contribution in [0.15, 0.2) is 12.7 Å². The Morgan fingerprint density at radius 3 is 2.05 bits per heavy atom. The Morgan fingerprint density at radius 2 is 1.53 bits per heavy atom. The molecule has 0 spiro atoms. The molecule has 0 aromatic rings. The third kappa shape index (κ3) is 4.63. The zero-order valence-electron chi connectivity index (χ0n) is 12.8. The highest BCUT2D eigenvalue weighted by molar-refractivity contribution is 4.83. The summed E-state index contributed by atoms with van der Waals surface area (Å²) in [5, 5.41) is 0. The first-order chi connectivity index (χ1) is 9.33. The van der Waals surface area contributed by atoms with E-state index in [0.717, 1.165) is 24.4 Å². The van der Waals surface area contributed by atoms with Crippen LogP contribution in [0, 0.1) is 17.8 Å². The van der Waals surface area contributed by atoms with Crippen LogP contribution in [0.1, 0.15) is 71.1 Å². The average molecular weight is 264 g/mol. The second-order valence-corrected chi connectivity index (χ2v) is 6.64. The Labute approximate surface area is 119 Å². The molecule has 0 N–H and O–H groups in total. The molecule has 0 aromatic heterocycles. The van der Waals surface area contributed by atoms with Gasteiger partial charge in [-0.15, -0.1) is 6.58 Å². The van der Waals surface area contributed by atoms with Crippen molar-refractivity contribution in [1.29, 1.82) is 0 Å². The zero-order chi connectivity index (χ0) is 13.5. The Balaban J connectivity index is 1.66. The number of hydrogen-bond donors (Lipinski definition) is 0. The molecule has 0 heterocycles.